The normalized spacial score (nSPS) is 16.1. The van der Waals surface area contributed by atoms with Crippen molar-refractivity contribution in [3.05, 3.63) is 76.7 Å². The van der Waals surface area contributed by atoms with Gasteiger partial charge in [0.1, 0.15) is 5.65 Å². The fourth-order valence-corrected chi connectivity index (χ4v) is 4.32. The van der Waals surface area contributed by atoms with Gasteiger partial charge in [-0.1, -0.05) is 30.8 Å². The van der Waals surface area contributed by atoms with Crippen LogP contribution in [0.5, 0.6) is 0 Å². The Morgan fingerprint density at radius 3 is 2.51 bits per heavy atom. The van der Waals surface area contributed by atoms with E-state index in [1.54, 1.807) is 19.2 Å². The summed E-state index contributed by atoms with van der Waals surface area (Å²) in [6, 6.07) is 11.2. The maximum atomic E-state index is 12.4. The van der Waals surface area contributed by atoms with E-state index in [2.05, 4.69) is 51.0 Å². The van der Waals surface area contributed by atoms with Crippen LogP contribution in [0.1, 0.15) is 37.1 Å². The lowest BCUT2D eigenvalue weighted by Gasteiger charge is -2.34. The van der Waals surface area contributed by atoms with E-state index in [0.29, 0.717) is 11.6 Å². The molecule has 0 bridgehead atoms. The van der Waals surface area contributed by atoms with Crippen LogP contribution in [0.2, 0.25) is 0 Å². The van der Waals surface area contributed by atoms with Crippen LogP contribution in [0, 0.1) is 0 Å². The van der Waals surface area contributed by atoms with Crippen LogP contribution in [0.25, 0.3) is 11.0 Å². The molecule has 1 aromatic carbocycles. The number of amides is 1. The predicted molar refractivity (Wildman–Crippen MR) is 136 cm³/mol. The second-order valence-electron chi connectivity index (χ2n) is 8.96. The molecule has 2 aromatic heterocycles. The summed E-state index contributed by atoms with van der Waals surface area (Å²) in [5, 5.41) is 13.6. The first-order chi connectivity index (χ1) is 16.9. The Morgan fingerprint density at radius 2 is 1.86 bits per heavy atom. The average Bonchev–Trinajstić information content (AvgIpc) is 2.88. The van der Waals surface area contributed by atoms with Gasteiger partial charge in [-0.15, -0.1) is 0 Å². The summed E-state index contributed by atoms with van der Waals surface area (Å²) in [5.41, 5.74) is 2.59. The predicted octanol–water partition coefficient (Wildman–Crippen LogP) is 2.35. The lowest BCUT2D eigenvalue weighted by atomic mass is 10.1. The highest BCUT2D eigenvalue weighted by molar-refractivity contribution is 5.87. The summed E-state index contributed by atoms with van der Waals surface area (Å²) >= 11 is 0. The van der Waals surface area contributed by atoms with Gasteiger partial charge in [-0.3, -0.25) is 19.1 Å². The van der Waals surface area contributed by atoms with Crippen molar-refractivity contribution in [1.29, 1.82) is 0 Å². The molecule has 1 fully saturated rings. The Balaban J connectivity index is 1.41. The molecule has 1 saturated heterocycles. The lowest BCUT2D eigenvalue weighted by molar-refractivity contribution is -0.127. The molecule has 4 rings (SSSR count). The van der Waals surface area contributed by atoms with E-state index in [-0.39, 0.29) is 30.2 Å². The number of aromatic nitrogens is 3. The van der Waals surface area contributed by atoms with Gasteiger partial charge in [0.25, 0.3) is 5.56 Å². The van der Waals surface area contributed by atoms with Gasteiger partial charge in [-0.05, 0) is 37.1 Å². The van der Waals surface area contributed by atoms with E-state index < -0.39 is 0 Å². The number of pyridine rings is 1. The first kappa shape index (κ1) is 24.6. The zero-order valence-electron chi connectivity index (χ0n) is 20.2. The van der Waals surface area contributed by atoms with E-state index in [1.807, 2.05) is 11.8 Å². The molecule has 2 unspecified atom stereocenters. The summed E-state index contributed by atoms with van der Waals surface area (Å²) in [7, 11) is 0. The Bertz CT molecular complexity index is 1250. The number of anilines is 1. The monoisotopic (exact) mass is 476 g/mol. The highest BCUT2D eigenvalue weighted by Crippen LogP contribution is 2.20. The van der Waals surface area contributed by atoms with Gasteiger partial charge in [-0.2, -0.15) is 4.98 Å². The van der Waals surface area contributed by atoms with Gasteiger partial charge in [0.2, 0.25) is 11.9 Å². The highest BCUT2D eigenvalue weighted by atomic mass is 16.3. The van der Waals surface area contributed by atoms with Crippen molar-refractivity contribution < 1.29 is 9.90 Å². The fourth-order valence-electron chi connectivity index (χ4n) is 4.32. The van der Waals surface area contributed by atoms with E-state index in [4.69, 9.17) is 0 Å². The molecule has 0 saturated carbocycles. The Labute approximate surface area is 204 Å². The molecule has 1 aliphatic rings. The molecule has 9 nitrogen and oxygen atoms in total. The van der Waals surface area contributed by atoms with Crippen molar-refractivity contribution in [3.8, 4) is 0 Å². The zero-order valence-corrected chi connectivity index (χ0v) is 20.2. The number of piperazine rings is 1. The number of fused-ring (bicyclic) bond motifs is 1. The smallest absolute Gasteiger partial charge is 0.252 e. The molecule has 35 heavy (non-hydrogen) atoms. The van der Waals surface area contributed by atoms with Crippen LogP contribution in [0.15, 0.2) is 60.0 Å². The second-order valence-corrected chi connectivity index (χ2v) is 8.96. The molecule has 0 spiro atoms. The number of aliphatic hydroxyl groups excluding tert-OH is 1. The number of hydrogen-bond acceptors (Lipinski definition) is 7. The molecular formula is C26H32N6O3. The highest BCUT2D eigenvalue weighted by Gasteiger charge is 2.19. The molecule has 0 aliphatic carbocycles. The van der Waals surface area contributed by atoms with E-state index in [1.165, 1.54) is 22.3 Å². The van der Waals surface area contributed by atoms with Crippen molar-refractivity contribution in [2.24, 2.45) is 0 Å². The van der Waals surface area contributed by atoms with Gasteiger partial charge in [-0.25, -0.2) is 4.98 Å². The number of rotatable bonds is 8. The third-order valence-electron chi connectivity index (χ3n) is 6.46. The Kier molecular flexibility index (Phi) is 7.57. The van der Waals surface area contributed by atoms with Crippen LogP contribution in [0.4, 0.5) is 5.95 Å². The minimum Gasteiger partial charge on any atom is -0.394 e. The molecule has 9 heteroatoms. The van der Waals surface area contributed by atoms with Crippen molar-refractivity contribution in [2.75, 3.05) is 38.1 Å². The molecule has 184 valence electrons. The quantitative estimate of drug-likeness (QED) is 0.481. The maximum absolute atomic E-state index is 12.4. The number of nitrogens with one attached hydrogen (secondary N) is 1. The number of benzene rings is 1. The van der Waals surface area contributed by atoms with E-state index >= 15 is 0 Å². The van der Waals surface area contributed by atoms with Crippen LogP contribution in [-0.2, 0) is 11.3 Å². The Hall–Kier alpha value is -3.56. The van der Waals surface area contributed by atoms with Crippen molar-refractivity contribution in [2.45, 2.75) is 32.5 Å². The van der Waals surface area contributed by atoms with Crippen LogP contribution in [0.3, 0.4) is 0 Å². The van der Waals surface area contributed by atoms with E-state index in [9.17, 15) is 14.7 Å². The molecule has 3 heterocycles. The van der Waals surface area contributed by atoms with Crippen LogP contribution >= 0.6 is 0 Å². The minimum absolute atomic E-state index is 0.00271. The third kappa shape index (κ3) is 5.58. The van der Waals surface area contributed by atoms with Crippen molar-refractivity contribution in [1.82, 2.24) is 24.3 Å². The van der Waals surface area contributed by atoms with Gasteiger partial charge in [0.15, 0.2) is 0 Å². The first-order valence-corrected chi connectivity index (χ1v) is 11.9. The second kappa shape index (κ2) is 10.8. The standard InChI is InChI=1S/C26H32N6O3/c1-4-23(34)31-13-11-30(12-14-31)16-20-5-7-21(8-6-20)19(3)28-26-27-15-22-9-10-24(35)32(18(2)17-33)25(22)29-26/h4-10,15,18-19,33H,1,11-14,16-17H2,2-3H3,(H,27,28,29). The minimum atomic E-state index is -0.385. The summed E-state index contributed by atoms with van der Waals surface area (Å²) in [6.07, 6.45) is 3.06. The van der Waals surface area contributed by atoms with Gasteiger partial charge < -0.3 is 15.3 Å². The lowest BCUT2D eigenvalue weighted by Crippen LogP contribution is -2.47. The maximum Gasteiger partial charge on any atom is 0.252 e. The molecule has 3 aromatic rings. The summed E-state index contributed by atoms with van der Waals surface area (Å²) < 4.78 is 1.49. The molecule has 2 N–H and O–H groups in total. The molecule has 2 atom stereocenters. The van der Waals surface area contributed by atoms with Crippen molar-refractivity contribution >= 4 is 22.9 Å². The number of aliphatic hydroxyl groups is 1. The molecular weight excluding hydrogens is 444 g/mol. The fraction of sp³-hybridized carbons (Fsp3) is 0.385. The van der Waals surface area contributed by atoms with Crippen LogP contribution < -0.4 is 10.9 Å². The number of hydrogen-bond donors (Lipinski definition) is 2. The summed E-state index contributed by atoms with van der Waals surface area (Å²) in [6.45, 7) is 11.2. The summed E-state index contributed by atoms with van der Waals surface area (Å²) in [5.74, 6) is 0.419. The summed E-state index contributed by atoms with van der Waals surface area (Å²) in [4.78, 5) is 37.3. The number of carbonyl (C=O) groups is 1. The van der Waals surface area contributed by atoms with Gasteiger partial charge >= 0.3 is 0 Å². The largest absolute Gasteiger partial charge is 0.394 e. The molecule has 1 amide bonds. The first-order valence-electron chi connectivity index (χ1n) is 11.9. The average molecular weight is 477 g/mol. The topological polar surface area (TPSA) is 104 Å². The molecule has 1 aliphatic heterocycles. The van der Waals surface area contributed by atoms with Gasteiger partial charge in [0, 0.05) is 50.4 Å². The Morgan fingerprint density at radius 1 is 1.14 bits per heavy atom. The van der Waals surface area contributed by atoms with Crippen molar-refractivity contribution in [3.63, 3.8) is 0 Å². The molecule has 0 radical (unpaired) electrons. The third-order valence-corrected chi connectivity index (χ3v) is 6.46. The van der Waals surface area contributed by atoms with Gasteiger partial charge in [0.05, 0.1) is 18.7 Å². The van der Waals surface area contributed by atoms with E-state index in [0.717, 1.165) is 43.7 Å². The SMILES string of the molecule is C=CC(=O)N1CCN(Cc2ccc(C(C)Nc3ncc4ccc(=O)n(C(C)CO)c4n3)cc2)CC1. The zero-order chi connectivity index (χ0) is 24.9. The number of carbonyl (C=O) groups excluding carboxylic acids is 1. The van der Waals surface area contributed by atoms with Crippen LogP contribution in [-0.4, -0.2) is 68.1 Å². The number of nitrogens with zero attached hydrogens (tertiary/aromatic N) is 5.